The second kappa shape index (κ2) is 7.76. The number of anilines is 1. The number of nitrogens with two attached hydrogens (primary N) is 2. The zero-order chi connectivity index (χ0) is 23.2. The van der Waals surface area contributed by atoms with E-state index in [1.165, 1.54) is 31.3 Å². The van der Waals surface area contributed by atoms with E-state index in [-0.39, 0.29) is 28.4 Å². The third-order valence-corrected chi connectivity index (χ3v) is 5.37. The molecule has 0 unspecified atom stereocenters. The molecule has 31 heavy (non-hydrogen) atoms. The van der Waals surface area contributed by atoms with Gasteiger partial charge in [0.25, 0.3) is 0 Å². The number of ether oxygens (including phenoxy) is 1. The Balaban J connectivity index is 1.94. The average Bonchev–Trinajstić information content (AvgIpc) is 2.65. The lowest BCUT2D eigenvalue weighted by atomic mass is 9.88. The Morgan fingerprint density at radius 3 is 2.52 bits per heavy atom. The maximum absolute atomic E-state index is 14.6. The lowest BCUT2D eigenvalue weighted by molar-refractivity contribution is -0.249. The van der Waals surface area contributed by atoms with Crippen LogP contribution in [-0.2, 0) is 16.7 Å². The Hall–Kier alpha value is -2.72. The summed E-state index contributed by atoms with van der Waals surface area (Å²) >= 11 is 5.78. The number of Topliss-reactive ketones (excluding diaryl/α,β-unsaturated/α-hetero) is 1. The number of amidine groups is 1. The molecule has 2 atom stereocenters. The molecule has 0 saturated heterocycles. The number of halogens is 5. The number of benzene rings is 1. The van der Waals surface area contributed by atoms with Crippen molar-refractivity contribution in [2.24, 2.45) is 10.7 Å². The monoisotopic (exact) mass is 458 g/mol. The third kappa shape index (κ3) is 4.22. The van der Waals surface area contributed by atoms with Gasteiger partial charge in [-0.2, -0.15) is 13.2 Å². The zero-order valence-corrected chi connectivity index (χ0v) is 17.3. The summed E-state index contributed by atoms with van der Waals surface area (Å²) in [6.45, 7) is 1.60. The van der Waals surface area contributed by atoms with Crippen LogP contribution in [0, 0.1) is 5.82 Å². The quantitative estimate of drug-likeness (QED) is 0.535. The van der Waals surface area contributed by atoms with E-state index in [0.717, 1.165) is 13.0 Å². The van der Waals surface area contributed by atoms with Crippen LogP contribution in [0.2, 0.25) is 5.02 Å². The van der Waals surface area contributed by atoms with Gasteiger partial charge >= 0.3 is 6.18 Å². The summed E-state index contributed by atoms with van der Waals surface area (Å²) in [4.78, 5) is 20.4. The summed E-state index contributed by atoms with van der Waals surface area (Å²) in [6.07, 6.45) is -3.69. The topological polar surface area (TPSA) is 104 Å². The average molecular weight is 459 g/mol. The Morgan fingerprint density at radius 2 is 1.94 bits per heavy atom. The van der Waals surface area contributed by atoms with E-state index in [4.69, 9.17) is 27.8 Å². The molecule has 0 saturated carbocycles. The molecule has 0 bridgehead atoms. The highest BCUT2D eigenvalue weighted by Crippen LogP contribution is 2.41. The molecule has 2 heterocycles. The SMILES string of the molecule is C[C@@]1(c2cc(CC(=O)c3ncc(Cl)cc3N)ccc2F)CO[C@@](C)(C(F)(F)F)C(N)=N1. The number of aliphatic imine (C=N–C) groups is 1. The fourth-order valence-electron chi connectivity index (χ4n) is 3.18. The van der Waals surface area contributed by atoms with Gasteiger partial charge in [-0.25, -0.2) is 9.37 Å². The number of rotatable bonds is 4. The molecule has 3 rings (SSSR count). The first-order valence-electron chi connectivity index (χ1n) is 9.06. The molecular formula is C20H19ClF4N4O2. The molecule has 4 N–H and O–H groups in total. The van der Waals surface area contributed by atoms with Crippen molar-refractivity contribution in [3.63, 3.8) is 0 Å². The summed E-state index contributed by atoms with van der Waals surface area (Å²) in [7, 11) is 0. The van der Waals surface area contributed by atoms with Gasteiger partial charge < -0.3 is 16.2 Å². The Bertz CT molecular complexity index is 1080. The van der Waals surface area contributed by atoms with Crippen LogP contribution in [0.1, 0.15) is 35.5 Å². The summed E-state index contributed by atoms with van der Waals surface area (Å²) in [5.74, 6) is -1.98. The Kier molecular flexibility index (Phi) is 5.74. The van der Waals surface area contributed by atoms with E-state index in [1.807, 2.05) is 0 Å². The first-order chi connectivity index (χ1) is 14.3. The molecule has 2 aromatic rings. The molecule has 0 amide bonds. The van der Waals surface area contributed by atoms with Gasteiger partial charge in [-0.3, -0.25) is 9.79 Å². The second-order valence-corrected chi connectivity index (χ2v) is 8.03. The Morgan fingerprint density at radius 1 is 1.26 bits per heavy atom. The summed E-state index contributed by atoms with van der Waals surface area (Å²) in [6, 6.07) is 5.21. The molecule has 1 aromatic heterocycles. The van der Waals surface area contributed by atoms with Crippen LogP contribution < -0.4 is 11.5 Å². The molecule has 166 valence electrons. The second-order valence-electron chi connectivity index (χ2n) is 7.60. The molecular weight excluding hydrogens is 440 g/mol. The van der Waals surface area contributed by atoms with Gasteiger partial charge in [0, 0.05) is 18.2 Å². The molecule has 0 fully saturated rings. The predicted molar refractivity (Wildman–Crippen MR) is 107 cm³/mol. The zero-order valence-electron chi connectivity index (χ0n) is 16.6. The highest BCUT2D eigenvalue weighted by Gasteiger charge is 2.59. The fourth-order valence-corrected chi connectivity index (χ4v) is 3.35. The minimum Gasteiger partial charge on any atom is -0.397 e. The van der Waals surface area contributed by atoms with Crippen molar-refractivity contribution in [3.05, 3.63) is 58.1 Å². The van der Waals surface area contributed by atoms with E-state index in [0.29, 0.717) is 5.56 Å². The molecule has 0 aliphatic carbocycles. The van der Waals surface area contributed by atoms with Crippen LogP contribution in [0.5, 0.6) is 0 Å². The smallest absolute Gasteiger partial charge is 0.397 e. The van der Waals surface area contributed by atoms with E-state index in [9.17, 15) is 22.4 Å². The number of nitrogen functional groups attached to an aromatic ring is 1. The molecule has 0 radical (unpaired) electrons. The molecule has 6 nitrogen and oxygen atoms in total. The van der Waals surface area contributed by atoms with Gasteiger partial charge in [0.2, 0.25) is 5.60 Å². The Labute approximate surface area is 180 Å². The first-order valence-corrected chi connectivity index (χ1v) is 9.44. The van der Waals surface area contributed by atoms with E-state index in [2.05, 4.69) is 9.98 Å². The van der Waals surface area contributed by atoms with Crippen molar-refractivity contribution in [2.45, 2.75) is 37.6 Å². The normalized spacial score (nSPS) is 24.0. The standard InChI is InChI=1S/C20H19ClF4N4O2/c1-18(9-31-19(2,17(27)29-18)20(23,24)25)12-5-10(3-4-13(12)22)6-15(30)16-14(26)7-11(21)8-28-16/h3-5,7-8H,6,9,26H2,1-2H3,(H2,27,29)/t18-,19+/m0/s1. The number of hydrogen-bond donors (Lipinski definition) is 2. The number of carbonyl (C=O) groups is 1. The van der Waals surface area contributed by atoms with Gasteiger partial charge in [-0.1, -0.05) is 17.7 Å². The number of nitrogens with zero attached hydrogens (tertiary/aromatic N) is 2. The maximum atomic E-state index is 14.6. The van der Waals surface area contributed by atoms with Gasteiger partial charge in [0.1, 0.15) is 22.9 Å². The van der Waals surface area contributed by atoms with Crippen molar-refractivity contribution >= 4 is 28.9 Å². The summed E-state index contributed by atoms with van der Waals surface area (Å²) in [5.41, 5.74) is 7.50. The number of alkyl halides is 3. The summed E-state index contributed by atoms with van der Waals surface area (Å²) in [5, 5.41) is 0.268. The number of ketones is 1. The fraction of sp³-hybridized carbons (Fsp3) is 0.350. The third-order valence-electron chi connectivity index (χ3n) is 5.16. The van der Waals surface area contributed by atoms with Gasteiger partial charge in [0.15, 0.2) is 5.78 Å². The predicted octanol–water partition coefficient (Wildman–Crippen LogP) is 3.81. The van der Waals surface area contributed by atoms with Crippen molar-refractivity contribution in [2.75, 3.05) is 12.3 Å². The molecule has 1 aliphatic heterocycles. The van der Waals surface area contributed by atoms with Gasteiger partial charge in [0.05, 0.1) is 17.3 Å². The first kappa shape index (κ1) is 23.0. The molecule has 0 spiro atoms. The minimum absolute atomic E-state index is 0.00527. The van der Waals surface area contributed by atoms with Crippen molar-refractivity contribution in [1.82, 2.24) is 4.98 Å². The largest absolute Gasteiger partial charge is 0.424 e. The number of carbonyl (C=O) groups excluding carboxylic acids is 1. The lowest BCUT2D eigenvalue weighted by Crippen LogP contribution is -2.60. The maximum Gasteiger partial charge on any atom is 0.424 e. The van der Waals surface area contributed by atoms with E-state index >= 15 is 0 Å². The van der Waals surface area contributed by atoms with Gasteiger partial charge in [-0.15, -0.1) is 0 Å². The van der Waals surface area contributed by atoms with Crippen molar-refractivity contribution in [3.8, 4) is 0 Å². The highest BCUT2D eigenvalue weighted by atomic mass is 35.5. The van der Waals surface area contributed by atoms with Crippen LogP contribution in [0.15, 0.2) is 35.5 Å². The van der Waals surface area contributed by atoms with Crippen LogP contribution in [0.3, 0.4) is 0 Å². The number of aromatic nitrogens is 1. The van der Waals surface area contributed by atoms with Crippen LogP contribution in [0.25, 0.3) is 0 Å². The molecule has 1 aromatic carbocycles. The van der Waals surface area contributed by atoms with E-state index in [1.54, 1.807) is 0 Å². The van der Waals surface area contributed by atoms with Gasteiger partial charge in [-0.05, 0) is 37.6 Å². The van der Waals surface area contributed by atoms with Crippen molar-refractivity contribution in [1.29, 1.82) is 0 Å². The molecule has 1 aliphatic rings. The summed E-state index contributed by atoms with van der Waals surface area (Å²) < 4.78 is 59.6. The van der Waals surface area contributed by atoms with Crippen LogP contribution in [-0.4, -0.2) is 35.0 Å². The number of pyridine rings is 1. The molecule has 11 heteroatoms. The van der Waals surface area contributed by atoms with Crippen LogP contribution in [0.4, 0.5) is 23.2 Å². The van der Waals surface area contributed by atoms with Crippen molar-refractivity contribution < 1.29 is 27.1 Å². The lowest BCUT2D eigenvalue weighted by Gasteiger charge is -2.41. The number of hydrogen-bond acceptors (Lipinski definition) is 6. The van der Waals surface area contributed by atoms with E-state index < -0.39 is 41.4 Å². The van der Waals surface area contributed by atoms with Crippen LogP contribution >= 0.6 is 11.6 Å². The minimum atomic E-state index is -4.79. The highest BCUT2D eigenvalue weighted by molar-refractivity contribution is 6.30.